The van der Waals surface area contributed by atoms with Crippen molar-refractivity contribution in [1.29, 1.82) is 0 Å². The first-order chi connectivity index (χ1) is 12.4. The topological polar surface area (TPSA) is 75.7 Å². The van der Waals surface area contributed by atoms with Crippen molar-refractivity contribution in [3.63, 3.8) is 0 Å². The Labute approximate surface area is 154 Å². The molecule has 0 aliphatic heterocycles. The van der Waals surface area contributed by atoms with Crippen LogP contribution in [-0.2, 0) is 10.0 Å². The van der Waals surface area contributed by atoms with Crippen LogP contribution < -0.4 is 10.1 Å². The first kappa shape index (κ1) is 19.9. The highest BCUT2D eigenvalue weighted by atomic mass is 32.2. The molecule has 0 saturated heterocycles. The summed E-state index contributed by atoms with van der Waals surface area (Å²) in [5.74, 6) is 0.433. The average molecular weight is 376 g/mol. The number of amides is 1. The highest BCUT2D eigenvalue weighted by molar-refractivity contribution is 7.89. The van der Waals surface area contributed by atoms with Crippen LogP contribution in [0.1, 0.15) is 31.1 Å². The zero-order chi connectivity index (χ0) is 19.2. The van der Waals surface area contributed by atoms with Crippen LogP contribution >= 0.6 is 0 Å². The molecule has 0 heterocycles. The molecule has 0 aromatic heterocycles. The number of hydrogen-bond acceptors (Lipinski definition) is 4. The Morgan fingerprint density at radius 1 is 0.962 bits per heavy atom. The molecule has 0 fully saturated rings. The molecule has 0 unspecified atom stereocenters. The largest absolute Gasteiger partial charge is 0.494 e. The number of sulfonamides is 1. The lowest BCUT2D eigenvalue weighted by Crippen LogP contribution is -2.30. The van der Waals surface area contributed by atoms with Gasteiger partial charge in [-0.1, -0.05) is 13.8 Å². The summed E-state index contributed by atoms with van der Waals surface area (Å²) in [6.07, 6.45) is 0. The Bertz CT molecular complexity index is 827. The zero-order valence-electron chi connectivity index (χ0n) is 15.2. The van der Waals surface area contributed by atoms with Gasteiger partial charge in [-0.2, -0.15) is 4.31 Å². The fourth-order valence-electron chi connectivity index (χ4n) is 2.50. The lowest BCUT2D eigenvalue weighted by atomic mass is 10.2. The fourth-order valence-corrected chi connectivity index (χ4v) is 3.95. The van der Waals surface area contributed by atoms with Gasteiger partial charge in [-0.15, -0.1) is 0 Å². The molecule has 0 aliphatic carbocycles. The van der Waals surface area contributed by atoms with Gasteiger partial charge in [0.25, 0.3) is 5.91 Å². The van der Waals surface area contributed by atoms with Gasteiger partial charge >= 0.3 is 0 Å². The van der Waals surface area contributed by atoms with E-state index in [2.05, 4.69) is 5.32 Å². The standard InChI is InChI=1S/C19H24N2O4S/c1-4-21(5-2)26(23,24)18-13-9-16(10-14-18)20-19(22)15-7-11-17(12-8-15)25-6-3/h7-14H,4-6H2,1-3H3,(H,20,22). The van der Waals surface area contributed by atoms with Crippen molar-refractivity contribution in [2.45, 2.75) is 25.7 Å². The molecule has 0 aliphatic rings. The third-order valence-corrected chi connectivity index (χ3v) is 5.95. The van der Waals surface area contributed by atoms with Crippen LogP contribution in [0.2, 0.25) is 0 Å². The molecule has 0 radical (unpaired) electrons. The van der Waals surface area contributed by atoms with E-state index >= 15 is 0 Å². The molecule has 0 saturated carbocycles. The number of nitrogens with one attached hydrogen (secondary N) is 1. The number of rotatable bonds is 8. The Morgan fingerprint density at radius 2 is 1.54 bits per heavy atom. The predicted octanol–water partition coefficient (Wildman–Crippen LogP) is 3.37. The molecular weight excluding hydrogens is 352 g/mol. The normalized spacial score (nSPS) is 11.4. The van der Waals surface area contributed by atoms with Crippen molar-refractivity contribution in [2.24, 2.45) is 0 Å². The van der Waals surface area contributed by atoms with E-state index in [1.165, 1.54) is 16.4 Å². The van der Waals surface area contributed by atoms with Crippen molar-refractivity contribution >= 4 is 21.6 Å². The van der Waals surface area contributed by atoms with Gasteiger partial charge in [0.05, 0.1) is 11.5 Å². The first-order valence-corrected chi connectivity index (χ1v) is 10.0. The molecule has 7 heteroatoms. The molecule has 0 bridgehead atoms. The van der Waals surface area contributed by atoms with Crippen molar-refractivity contribution in [2.75, 3.05) is 25.0 Å². The highest BCUT2D eigenvalue weighted by Gasteiger charge is 2.21. The molecule has 0 atom stereocenters. The van der Waals surface area contributed by atoms with Gasteiger partial charge in [-0.3, -0.25) is 4.79 Å². The molecular formula is C19H24N2O4S. The molecule has 2 aromatic carbocycles. The summed E-state index contributed by atoms with van der Waals surface area (Å²) in [5.41, 5.74) is 1.02. The zero-order valence-corrected chi connectivity index (χ0v) is 16.0. The van der Waals surface area contributed by atoms with E-state index in [-0.39, 0.29) is 10.8 Å². The van der Waals surface area contributed by atoms with Crippen molar-refractivity contribution < 1.29 is 17.9 Å². The SMILES string of the molecule is CCOc1ccc(C(=O)Nc2ccc(S(=O)(=O)N(CC)CC)cc2)cc1. The minimum Gasteiger partial charge on any atom is -0.494 e. The quantitative estimate of drug-likeness (QED) is 0.766. The molecule has 1 N–H and O–H groups in total. The van der Waals surface area contributed by atoms with Crippen molar-refractivity contribution in [3.05, 3.63) is 54.1 Å². The van der Waals surface area contributed by atoms with E-state index in [0.717, 1.165) is 0 Å². The Kier molecular flexibility index (Phi) is 6.76. The monoisotopic (exact) mass is 376 g/mol. The maximum absolute atomic E-state index is 12.5. The second-order valence-electron chi connectivity index (χ2n) is 5.53. The van der Waals surface area contributed by atoms with E-state index in [1.807, 2.05) is 6.92 Å². The number of anilines is 1. The van der Waals surface area contributed by atoms with Crippen LogP contribution in [-0.4, -0.2) is 38.3 Å². The molecule has 26 heavy (non-hydrogen) atoms. The van der Waals surface area contributed by atoms with Crippen LogP contribution in [0, 0.1) is 0 Å². The molecule has 1 amide bonds. The second-order valence-corrected chi connectivity index (χ2v) is 7.46. The van der Waals surface area contributed by atoms with Crippen LogP contribution in [0.25, 0.3) is 0 Å². The first-order valence-electron chi connectivity index (χ1n) is 8.56. The highest BCUT2D eigenvalue weighted by Crippen LogP contribution is 2.19. The Balaban J connectivity index is 2.10. The van der Waals surface area contributed by atoms with Gasteiger partial charge in [-0.25, -0.2) is 8.42 Å². The number of carbonyl (C=O) groups is 1. The van der Waals surface area contributed by atoms with Gasteiger partial charge in [0.15, 0.2) is 0 Å². The van der Waals surface area contributed by atoms with Crippen LogP contribution in [0.3, 0.4) is 0 Å². The van der Waals surface area contributed by atoms with Crippen molar-refractivity contribution in [3.8, 4) is 5.75 Å². The van der Waals surface area contributed by atoms with E-state index < -0.39 is 10.0 Å². The molecule has 2 rings (SSSR count). The smallest absolute Gasteiger partial charge is 0.255 e. The Hall–Kier alpha value is -2.38. The summed E-state index contributed by atoms with van der Waals surface area (Å²) in [4.78, 5) is 12.5. The maximum Gasteiger partial charge on any atom is 0.255 e. The predicted molar refractivity (Wildman–Crippen MR) is 102 cm³/mol. The third kappa shape index (κ3) is 4.62. The van der Waals surface area contributed by atoms with Gasteiger partial charge in [0.2, 0.25) is 10.0 Å². The van der Waals surface area contributed by atoms with Gasteiger partial charge < -0.3 is 10.1 Å². The van der Waals surface area contributed by atoms with E-state index in [1.54, 1.807) is 50.2 Å². The van der Waals surface area contributed by atoms with Crippen LogP contribution in [0.5, 0.6) is 5.75 Å². The maximum atomic E-state index is 12.5. The number of ether oxygens (including phenoxy) is 1. The van der Waals surface area contributed by atoms with Crippen LogP contribution in [0.4, 0.5) is 5.69 Å². The minimum atomic E-state index is -3.50. The van der Waals surface area contributed by atoms with Crippen LogP contribution in [0.15, 0.2) is 53.4 Å². The van der Waals surface area contributed by atoms with Gasteiger partial charge in [0, 0.05) is 24.3 Å². The molecule has 6 nitrogen and oxygen atoms in total. The Morgan fingerprint density at radius 3 is 2.04 bits per heavy atom. The molecule has 0 spiro atoms. The fraction of sp³-hybridized carbons (Fsp3) is 0.316. The second kappa shape index (κ2) is 8.82. The third-order valence-electron chi connectivity index (χ3n) is 3.88. The summed E-state index contributed by atoms with van der Waals surface area (Å²) in [7, 11) is -3.50. The number of benzene rings is 2. The van der Waals surface area contributed by atoms with Crippen molar-refractivity contribution in [1.82, 2.24) is 4.31 Å². The van der Waals surface area contributed by atoms with E-state index in [4.69, 9.17) is 4.74 Å². The number of hydrogen-bond donors (Lipinski definition) is 1. The van der Waals surface area contributed by atoms with Gasteiger partial charge in [-0.05, 0) is 55.5 Å². The summed E-state index contributed by atoms with van der Waals surface area (Å²) in [5, 5.41) is 2.76. The summed E-state index contributed by atoms with van der Waals surface area (Å²) in [6.45, 7) is 6.88. The molecule has 140 valence electrons. The average Bonchev–Trinajstić information content (AvgIpc) is 2.64. The summed E-state index contributed by atoms with van der Waals surface area (Å²) >= 11 is 0. The lowest BCUT2D eigenvalue weighted by molar-refractivity contribution is 0.102. The summed E-state index contributed by atoms with van der Waals surface area (Å²) in [6, 6.07) is 13.0. The minimum absolute atomic E-state index is 0.209. The van der Waals surface area contributed by atoms with E-state index in [9.17, 15) is 13.2 Å². The number of carbonyl (C=O) groups excluding carboxylic acids is 1. The molecule has 2 aromatic rings. The van der Waals surface area contributed by atoms with E-state index in [0.29, 0.717) is 36.7 Å². The number of nitrogens with zero attached hydrogens (tertiary/aromatic N) is 1. The summed E-state index contributed by atoms with van der Waals surface area (Å²) < 4.78 is 31.7. The lowest BCUT2D eigenvalue weighted by Gasteiger charge is -2.18. The van der Waals surface area contributed by atoms with Gasteiger partial charge in [0.1, 0.15) is 5.75 Å².